The molecule has 4 N–H and O–H groups in total. The average Bonchev–Trinajstić information content (AvgIpc) is 2.41. The molecule has 0 saturated heterocycles. The third kappa shape index (κ3) is 3.26. The highest BCUT2D eigenvalue weighted by atomic mass is 79.9. The highest BCUT2D eigenvalue weighted by Gasteiger charge is 2.09. The summed E-state index contributed by atoms with van der Waals surface area (Å²) in [6.45, 7) is 0. The van der Waals surface area contributed by atoms with E-state index >= 15 is 0 Å². The summed E-state index contributed by atoms with van der Waals surface area (Å²) in [5.74, 6) is 4.99. The monoisotopic (exact) mass is 328 g/mol. The van der Waals surface area contributed by atoms with Crippen molar-refractivity contribution < 1.29 is 9.13 Å². The fourth-order valence-corrected chi connectivity index (χ4v) is 1.61. The van der Waals surface area contributed by atoms with Crippen LogP contribution in [0.15, 0.2) is 22.7 Å². The predicted octanol–water partition coefficient (Wildman–Crippen LogP) is 1.81. The van der Waals surface area contributed by atoms with Crippen LogP contribution in [0.5, 0.6) is 6.01 Å². The Kier molecular flexibility index (Phi) is 4.07. The first-order chi connectivity index (χ1) is 9.12. The lowest BCUT2D eigenvalue weighted by Crippen LogP contribution is -2.13. The number of hydrogen-bond acceptors (Lipinski definition) is 7. The van der Waals surface area contributed by atoms with Crippen molar-refractivity contribution in [3.63, 3.8) is 0 Å². The molecular formula is C10H10BrFN6O. The van der Waals surface area contributed by atoms with Gasteiger partial charge in [0.25, 0.3) is 0 Å². The Balaban J connectivity index is 2.31. The van der Waals surface area contributed by atoms with Gasteiger partial charge < -0.3 is 10.1 Å². The average molecular weight is 329 g/mol. The molecule has 2 rings (SSSR count). The maximum atomic E-state index is 13.7. The van der Waals surface area contributed by atoms with Crippen molar-refractivity contribution in [2.75, 3.05) is 17.9 Å². The third-order valence-corrected chi connectivity index (χ3v) is 2.60. The molecule has 0 aliphatic heterocycles. The summed E-state index contributed by atoms with van der Waals surface area (Å²) >= 11 is 3.17. The van der Waals surface area contributed by atoms with E-state index in [2.05, 4.69) is 41.6 Å². The lowest BCUT2D eigenvalue weighted by atomic mass is 10.3. The molecule has 0 unspecified atom stereocenters. The van der Waals surface area contributed by atoms with E-state index in [-0.39, 0.29) is 23.6 Å². The summed E-state index contributed by atoms with van der Waals surface area (Å²) in [5.41, 5.74) is 2.49. The topological polar surface area (TPSA) is 98.0 Å². The molecule has 0 spiro atoms. The second-order valence-electron chi connectivity index (χ2n) is 3.36. The van der Waals surface area contributed by atoms with Crippen LogP contribution in [0.4, 0.5) is 22.0 Å². The van der Waals surface area contributed by atoms with E-state index < -0.39 is 5.82 Å². The minimum atomic E-state index is -0.448. The molecule has 0 fully saturated rings. The van der Waals surface area contributed by atoms with Crippen molar-refractivity contribution in [3.05, 3.63) is 28.5 Å². The summed E-state index contributed by atoms with van der Waals surface area (Å²) in [7, 11) is 1.40. The Morgan fingerprint density at radius 2 is 2.00 bits per heavy atom. The van der Waals surface area contributed by atoms with E-state index in [1.165, 1.54) is 13.2 Å². The first kappa shape index (κ1) is 13.4. The summed E-state index contributed by atoms with van der Waals surface area (Å²) in [6.07, 6.45) is 0. The Morgan fingerprint density at radius 1 is 1.26 bits per heavy atom. The van der Waals surface area contributed by atoms with Crippen molar-refractivity contribution in [2.45, 2.75) is 0 Å². The number of hydrogen-bond donors (Lipinski definition) is 3. The molecule has 0 saturated carbocycles. The molecule has 1 aromatic heterocycles. The first-order valence-corrected chi connectivity index (χ1v) is 5.90. The lowest BCUT2D eigenvalue weighted by molar-refractivity contribution is 0.379. The van der Waals surface area contributed by atoms with Gasteiger partial charge in [-0.1, -0.05) is 15.9 Å². The molecule has 9 heteroatoms. The van der Waals surface area contributed by atoms with Crippen LogP contribution >= 0.6 is 15.9 Å². The van der Waals surface area contributed by atoms with Gasteiger partial charge >= 0.3 is 6.01 Å². The number of benzene rings is 1. The SMILES string of the molecule is COc1nc(NN)nc(Nc2ccc(Br)cc2F)n1. The van der Waals surface area contributed by atoms with Gasteiger partial charge in [-0.3, -0.25) is 5.43 Å². The highest BCUT2D eigenvalue weighted by molar-refractivity contribution is 9.10. The van der Waals surface area contributed by atoms with Crippen molar-refractivity contribution in [3.8, 4) is 6.01 Å². The van der Waals surface area contributed by atoms with Crippen molar-refractivity contribution in [2.24, 2.45) is 5.84 Å². The van der Waals surface area contributed by atoms with Crippen molar-refractivity contribution in [1.82, 2.24) is 15.0 Å². The molecule has 0 radical (unpaired) electrons. The standard InChI is InChI=1S/C10H10BrFN6O/c1-19-10-16-8(15-9(17-10)18-13)14-7-3-2-5(11)4-6(7)12/h2-4H,13H2,1H3,(H2,14,15,16,17,18). The van der Waals surface area contributed by atoms with Crippen LogP contribution < -0.4 is 21.3 Å². The maximum absolute atomic E-state index is 13.7. The van der Waals surface area contributed by atoms with Crippen LogP contribution in [0, 0.1) is 5.82 Å². The Bertz CT molecular complexity index is 574. The summed E-state index contributed by atoms with van der Waals surface area (Å²) in [6, 6.07) is 4.61. The number of aromatic nitrogens is 3. The number of hydrazine groups is 1. The zero-order valence-corrected chi connectivity index (χ0v) is 11.4. The van der Waals surface area contributed by atoms with E-state index in [1.54, 1.807) is 12.1 Å². The van der Waals surface area contributed by atoms with Crippen molar-refractivity contribution in [1.29, 1.82) is 0 Å². The van der Waals surface area contributed by atoms with Gasteiger partial charge in [0, 0.05) is 4.47 Å². The van der Waals surface area contributed by atoms with Gasteiger partial charge in [-0.15, -0.1) is 0 Å². The Morgan fingerprint density at radius 3 is 2.63 bits per heavy atom. The molecule has 0 aliphatic rings. The van der Waals surface area contributed by atoms with Gasteiger partial charge in [-0.05, 0) is 18.2 Å². The summed E-state index contributed by atoms with van der Waals surface area (Å²) in [5, 5.41) is 2.72. The fourth-order valence-electron chi connectivity index (χ4n) is 1.28. The summed E-state index contributed by atoms with van der Waals surface area (Å²) < 4.78 is 19.2. The Hall–Kier alpha value is -2.00. The van der Waals surface area contributed by atoms with Gasteiger partial charge in [0.15, 0.2) is 0 Å². The largest absolute Gasteiger partial charge is 0.467 e. The molecule has 7 nitrogen and oxygen atoms in total. The first-order valence-electron chi connectivity index (χ1n) is 5.11. The van der Waals surface area contributed by atoms with E-state index in [9.17, 15) is 4.39 Å². The normalized spacial score (nSPS) is 10.1. The predicted molar refractivity (Wildman–Crippen MR) is 71.6 cm³/mol. The van der Waals surface area contributed by atoms with Gasteiger partial charge in [0.05, 0.1) is 12.8 Å². The molecule has 0 amide bonds. The zero-order chi connectivity index (χ0) is 13.8. The molecule has 0 bridgehead atoms. The molecule has 0 atom stereocenters. The number of ether oxygens (including phenoxy) is 1. The molecule has 0 aliphatic carbocycles. The van der Waals surface area contributed by atoms with Crippen LogP contribution in [0.25, 0.3) is 0 Å². The molecule has 100 valence electrons. The zero-order valence-electron chi connectivity index (χ0n) is 9.82. The quantitative estimate of drug-likeness (QED) is 0.581. The maximum Gasteiger partial charge on any atom is 0.322 e. The van der Waals surface area contributed by atoms with Crippen LogP contribution in [0.1, 0.15) is 0 Å². The highest BCUT2D eigenvalue weighted by Crippen LogP contribution is 2.22. The third-order valence-electron chi connectivity index (χ3n) is 2.10. The fraction of sp³-hybridized carbons (Fsp3) is 0.100. The molecule has 2 aromatic rings. The number of nitrogen functional groups attached to an aromatic ring is 1. The van der Waals surface area contributed by atoms with Gasteiger partial charge in [-0.2, -0.15) is 15.0 Å². The minimum absolute atomic E-state index is 0.0583. The van der Waals surface area contributed by atoms with E-state index in [0.29, 0.717) is 4.47 Å². The second-order valence-corrected chi connectivity index (χ2v) is 4.28. The number of nitrogens with one attached hydrogen (secondary N) is 2. The van der Waals surface area contributed by atoms with Crippen LogP contribution in [0.3, 0.4) is 0 Å². The Labute approximate surface area is 116 Å². The minimum Gasteiger partial charge on any atom is -0.467 e. The summed E-state index contributed by atoms with van der Waals surface area (Å²) in [4.78, 5) is 11.7. The molecular weight excluding hydrogens is 319 g/mol. The van der Waals surface area contributed by atoms with E-state index in [4.69, 9.17) is 10.6 Å². The van der Waals surface area contributed by atoms with Gasteiger partial charge in [0.2, 0.25) is 11.9 Å². The number of nitrogens with zero attached hydrogens (tertiary/aromatic N) is 3. The number of anilines is 3. The number of rotatable bonds is 4. The lowest BCUT2D eigenvalue weighted by Gasteiger charge is -2.08. The molecule has 1 heterocycles. The number of halogens is 2. The van der Waals surface area contributed by atoms with Crippen LogP contribution in [-0.2, 0) is 0 Å². The molecule has 1 aromatic carbocycles. The van der Waals surface area contributed by atoms with Crippen molar-refractivity contribution >= 4 is 33.5 Å². The smallest absolute Gasteiger partial charge is 0.322 e. The number of nitrogens with two attached hydrogens (primary N) is 1. The van der Waals surface area contributed by atoms with E-state index in [1.807, 2.05) is 0 Å². The van der Waals surface area contributed by atoms with Crippen LogP contribution in [-0.4, -0.2) is 22.1 Å². The van der Waals surface area contributed by atoms with Crippen LogP contribution in [0.2, 0.25) is 0 Å². The van der Waals surface area contributed by atoms with E-state index in [0.717, 1.165) is 0 Å². The van der Waals surface area contributed by atoms with Gasteiger partial charge in [0.1, 0.15) is 5.82 Å². The number of methoxy groups -OCH3 is 1. The second kappa shape index (κ2) is 5.76. The molecule has 19 heavy (non-hydrogen) atoms. The van der Waals surface area contributed by atoms with Gasteiger partial charge in [-0.25, -0.2) is 10.2 Å².